The van der Waals surface area contributed by atoms with Gasteiger partial charge in [-0.2, -0.15) is 4.98 Å². The van der Waals surface area contributed by atoms with E-state index in [0.29, 0.717) is 11.7 Å². The van der Waals surface area contributed by atoms with Gasteiger partial charge in [0.05, 0.1) is 25.1 Å². The van der Waals surface area contributed by atoms with Crippen molar-refractivity contribution >= 4 is 12.0 Å². The summed E-state index contributed by atoms with van der Waals surface area (Å²) >= 11 is 0. The third kappa shape index (κ3) is 1.86. The van der Waals surface area contributed by atoms with E-state index in [-0.39, 0.29) is 6.54 Å². The van der Waals surface area contributed by atoms with E-state index in [1.54, 1.807) is 0 Å². The lowest BCUT2D eigenvalue weighted by molar-refractivity contribution is 0.380. The van der Waals surface area contributed by atoms with Crippen LogP contribution in [-0.2, 0) is 6.54 Å². The number of aliphatic imine (C=N–C) groups is 1. The van der Waals surface area contributed by atoms with E-state index >= 15 is 0 Å². The summed E-state index contributed by atoms with van der Waals surface area (Å²) in [5.74, 6) is 1.00. The van der Waals surface area contributed by atoms with Crippen LogP contribution in [0, 0.1) is 0 Å². The molecule has 0 saturated carbocycles. The molecular formula is C12H13N5O. The normalized spacial score (nSPS) is 14.4. The first kappa shape index (κ1) is 10.9. The molecule has 2 heterocycles. The highest BCUT2D eigenvalue weighted by atomic mass is 16.5. The lowest BCUT2D eigenvalue weighted by atomic mass is 10.1. The Morgan fingerprint density at radius 3 is 2.94 bits per heavy atom. The molecule has 0 unspecified atom stereocenters. The Labute approximate surface area is 104 Å². The first-order chi connectivity index (χ1) is 8.88. The summed E-state index contributed by atoms with van der Waals surface area (Å²) in [6.45, 7) is 1.94. The smallest absolute Gasteiger partial charge is 0.240 e. The van der Waals surface area contributed by atoms with Crippen LogP contribution in [0.1, 0.15) is 5.89 Å². The summed E-state index contributed by atoms with van der Waals surface area (Å²) in [6.07, 6.45) is 1.84. The minimum atomic E-state index is 0.250. The Morgan fingerprint density at radius 2 is 2.22 bits per heavy atom. The second kappa shape index (κ2) is 4.58. The fraction of sp³-hybridized carbons (Fsp3) is 0.250. The second-order valence-corrected chi connectivity index (χ2v) is 3.95. The van der Waals surface area contributed by atoms with Gasteiger partial charge >= 0.3 is 0 Å². The van der Waals surface area contributed by atoms with Gasteiger partial charge in [0.25, 0.3) is 0 Å². The number of aromatic nitrogens is 2. The minimum absolute atomic E-state index is 0.250. The number of rotatable bonds is 3. The van der Waals surface area contributed by atoms with Crippen molar-refractivity contribution < 1.29 is 4.52 Å². The van der Waals surface area contributed by atoms with E-state index in [4.69, 9.17) is 10.3 Å². The van der Waals surface area contributed by atoms with Crippen molar-refractivity contribution in [1.82, 2.24) is 10.1 Å². The molecule has 18 heavy (non-hydrogen) atoms. The maximum atomic E-state index is 5.47. The molecule has 0 bridgehead atoms. The summed E-state index contributed by atoms with van der Waals surface area (Å²) in [5, 5.41) is 3.95. The molecule has 0 saturated heterocycles. The molecule has 1 aliphatic heterocycles. The number of para-hydroxylation sites is 1. The Morgan fingerprint density at radius 1 is 1.33 bits per heavy atom. The van der Waals surface area contributed by atoms with Crippen LogP contribution < -0.4 is 10.6 Å². The zero-order valence-corrected chi connectivity index (χ0v) is 9.78. The Kier molecular flexibility index (Phi) is 2.77. The number of nitrogens with zero attached hydrogens (tertiary/aromatic N) is 4. The van der Waals surface area contributed by atoms with Crippen molar-refractivity contribution in [2.45, 2.75) is 6.54 Å². The number of benzene rings is 1. The average molecular weight is 243 g/mol. The van der Waals surface area contributed by atoms with Crippen LogP contribution in [0.25, 0.3) is 11.4 Å². The van der Waals surface area contributed by atoms with Crippen molar-refractivity contribution in [3.05, 3.63) is 30.2 Å². The molecule has 2 N–H and O–H groups in total. The van der Waals surface area contributed by atoms with Gasteiger partial charge in [-0.3, -0.25) is 4.99 Å². The highest BCUT2D eigenvalue weighted by Crippen LogP contribution is 2.28. The average Bonchev–Trinajstić information content (AvgIpc) is 3.10. The minimum Gasteiger partial charge on any atom is -0.338 e. The van der Waals surface area contributed by atoms with Crippen LogP contribution in [0.5, 0.6) is 0 Å². The number of nitrogens with two attached hydrogens (primary N) is 1. The quantitative estimate of drug-likeness (QED) is 0.871. The molecule has 2 aromatic rings. The molecular weight excluding hydrogens is 230 g/mol. The van der Waals surface area contributed by atoms with Crippen LogP contribution in [0.4, 0.5) is 5.69 Å². The van der Waals surface area contributed by atoms with Crippen LogP contribution in [0.15, 0.2) is 33.8 Å². The van der Waals surface area contributed by atoms with Crippen molar-refractivity contribution in [3.8, 4) is 11.4 Å². The maximum Gasteiger partial charge on any atom is 0.240 e. The molecule has 92 valence electrons. The monoisotopic (exact) mass is 243 g/mol. The third-order valence-corrected chi connectivity index (χ3v) is 2.79. The highest BCUT2D eigenvalue weighted by molar-refractivity contribution is 5.88. The summed E-state index contributed by atoms with van der Waals surface area (Å²) in [7, 11) is 0. The molecule has 1 aliphatic rings. The molecule has 1 aromatic carbocycles. The predicted octanol–water partition coefficient (Wildman–Crippen LogP) is 1.04. The van der Waals surface area contributed by atoms with Crippen molar-refractivity contribution in [1.29, 1.82) is 0 Å². The molecule has 6 heteroatoms. The van der Waals surface area contributed by atoms with E-state index in [1.807, 2.05) is 30.6 Å². The van der Waals surface area contributed by atoms with Crippen molar-refractivity contribution in [3.63, 3.8) is 0 Å². The Bertz CT molecular complexity index is 577. The Hall–Kier alpha value is -2.21. The van der Waals surface area contributed by atoms with E-state index in [9.17, 15) is 0 Å². The molecule has 0 radical (unpaired) electrons. The number of hydrogen-bond donors (Lipinski definition) is 1. The topological polar surface area (TPSA) is 80.5 Å². The third-order valence-electron chi connectivity index (χ3n) is 2.79. The molecule has 0 aliphatic carbocycles. The van der Waals surface area contributed by atoms with Gasteiger partial charge < -0.3 is 15.2 Å². The molecule has 0 atom stereocenters. The fourth-order valence-corrected chi connectivity index (χ4v) is 1.92. The zero-order valence-electron chi connectivity index (χ0n) is 9.78. The summed E-state index contributed by atoms with van der Waals surface area (Å²) in [5.41, 5.74) is 7.43. The SMILES string of the molecule is NCc1nc(-c2ccccc2N2C=NCC2)no1. The van der Waals surface area contributed by atoms with Gasteiger partial charge in [0.1, 0.15) is 0 Å². The first-order valence-electron chi connectivity index (χ1n) is 5.77. The maximum absolute atomic E-state index is 5.47. The van der Waals surface area contributed by atoms with Crippen LogP contribution >= 0.6 is 0 Å². The van der Waals surface area contributed by atoms with E-state index in [1.165, 1.54) is 0 Å². The summed E-state index contributed by atoms with van der Waals surface area (Å²) in [6, 6.07) is 7.91. The van der Waals surface area contributed by atoms with Gasteiger partial charge in [-0.15, -0.1) is 0 Å². The molecule has 0 spiro atoms. The first-order valence-corrected chi connectivity index (χ1v) is 5.77. The van der Waals surface area contributed by atoms with Crippen molar-refractivity contribution in [2.24, 2.45) is 10.7 Å². The number of anilines is 1. The van der Waals surface area contributed by atoms with E-state index in [0.717, 1.165) is 24.3 Å². The van der Waals surface area contributed by atoms with Crippen LogP contribution in [0.3, 0.4) is 0 Å². The van der Waals surface area contributed by atoms with E-state index < -0.39 is 0 Å². The van der Waals surface area contributed by atoms with Gasteiger partial charge in [0.15, 0.2) is 0 Å². The van der Waals surface area contributed by atoms with Gasteiger partial charge in [-0.1, -0.05) is 17.3 Å². The van der Waals surface area contributed by atoms with Gasteiger partial charge in [-0.25, -0.2) is 0 Å². The van der Waals surface area contributed by atoms with Crippen molar-refractivity contribution in [2.75, 3.05) is 18.0 Å². The largest absolute Gasteiger partial charge is 0.338 e. The molecule has 3 rings (SSSR count). The van der Waals surface area contributed by atoms with Gasteiger partial charge in [-0.05, 0) is 12.1 Å². The second-order valence-electron chi connectivity index (χ2n) is 3.95. The molecule has 6 nitrogen and oxygen atoms in total. The van der Waals surface area contributed by atoms with E-state index in [2.05, 4.69) is 20.0 Å². The molecule has 0 amide bonds. The van der Waals surface area contributed by atoms with Crippen LogP contribution in [-0.4, -0.2) is 29.6 Å². The summed E-state index contributed by atoms with van der Waals surface area (Å²) < 4.78 is 5.05. The molecule has 1 aromatic heterocycles. The molecule has 0 fully saturated rings. The standard InChI is InChI=1S/C12H13N5O/c13-7-11-15-12(16-18-11)9-3-1-2-4-10(9)17-6-5-14-8-17/h1-4,8H,5-7,13H2. The van der Waals surface area contributed by atoms with Gasteiger partial charge in [0.2, 0.25) is 11.7 Å². The zero-order chi connectivity index (χ0) is 12.4. The lowest BCUT2D eigenvalue weighted by Gasteiger charge is -2.16. The van der Waals surface area contributed by atoms with Crippen LogP contribution in [0.2, 0.25) is 0 Å². The number of hydrogen-bond acceptors (Lipinski definition) is 6. The fourth-order valence-electron chi connectivity index (χ4n) is 1.92. The Balaban J connectivity index is 2.03. The highest BCUT2D eigenvalue weighted by Gasteiger charge is 2.16. The lowest BCUT2D eigenvalue weighted by Crippen LogP contribution is -2.18. The summed E-state index contributed by atoms with van der Waals surface area (Å²) in [4.78, 5) is 10.5. The van der Waals surface area contributed by atoms with Gasteiger partial charge in [0, 0.05) is 12.1 Å². The predicted molar refractivity (Wildman–Crippen MR) is 68.3 cm³/mol.